The maximum Gasteiger partial charge on any atom is 0.223 e. The summed E-state index contributed by atoms with van der Waals surface area (Å²) in [5.41, 5.74) is 3.50. The van der Waals surface area contributed by atoms with Crippen LogP contribution in [0.2, 0.25) is 0 Å². The van der Waals surface area contributed by atoms with Gasteiger partial charge in [-0.25, -0.2) is 0 Å². The fourth-order valence-electron chi connectivity index (χ4n) is 4.57. The molecule has 1 aliphatic heterocycles. The number of aromatic nitrogens is 3. The van der Waals surface area contributed by atoms with Crippen LogP contribution in [0, 0.1) is 18.8 Å². The van der Waals surface area contributed by atoms with Crippen molar-refractivity contribution in [3.8, 4) is 0 Å². The Morgan fingerprint density at radius 1 is 1.30 bits per heavy atom. The van der Waals surface area contributed by atoms with Crippen LogP contribution >= 0.6 is 0 Å². The number of likely N-dealkylation sites (tertiary alicyclic amines) is 1. The van der Waals surface area contributed by atoms with E-state index in [0.717, 1.165) is 57.6 Å². The highest BCUT2D eigenvalue weighted by Crippen LogP contribution is 2.33. The predicted octanol–water partition coefficient (Wildman–Crippen LogP) is 3.64. The van der Waals surface area contributed by atoms with Gasteiger partial charge in [0, 0.05) is 29.9 Å². The van der Waals surface area contributed by atoms with E-state index in [-0.39, 0.29) is 17.9 Å². The van der Waals surface area contributed by atoms with Crippen LogP contribution in [0.1, 0.15) is 55.1 Å². The summed E-state index contributed by atoms with van der Waals surface area (Å²) in [4.78, 5) is 19.8. The van der Waals surface area contributed by atoms with E-state index in [1.165, 1.54) is 17.7 Å². The maximum absolute atomic E-state index is 12.7. The van der Waals surface area contributed by atoms with Crippen molar-refractivity contribution in [3.63, 3.8) is 0 Å². The van der Waals surface area contributed by atoms with Gasteiger partial charge in [0.05, 0.1) is 24.5 Å². The van der Waals surface area contributed by atoms with Gasteiger partial charge in [-0.05, 0) is 63.7 Å². The van der Waals surface area contributed by atoms with E-state index in [4.69, 9.17) is 0 Å². The van der Waals surface area contributed by atoms with Crippen LogP contribution in [0.5, 0.6) is 0 Å². The molecule has 2 fully saturated rings. The molecule has 0 radical (unpaired) electrons. The minimum atomic E-state index is 0.0125. The number of rotatable bonds is 8. The first kappa shape index (κ1) is 20.8. The second-order valence-corrected chi connectivity index (χ2v) is 8.71. The van der Waals surface area contributed by atoms with E-state index in [1.54, 1.807) is 0 Å². The number of nitrogens with zero attached hydrogens (tertiary/aromatic N) is 4. The number of carbonyl (C=O) groups excluding carboxylic acids is 1. The van der Waals surface area contributed by atoms with E-state index in [2.05, 4.69) is 39.9 Å². The van der Waals surface area contributed by atoms with Crippen molar-refractivity contribution >= 4 is 5.91 Å². The number of pyridine rings is 1. The van der Waals surface area contributed by atoms with E-state index in [9.17, 15) is 4.79 Å². The Kier molecular flexibility index (Phi) is 6.62. The second kappa shape index (κ2) is 9.56. The largest absolute Gasteiger partial charge is 0.347 e. The average Bonchev–Trinajstić information content (AvgIpc) is 3.06. The molecule has 2 aliphatic rings. The second-order valence-electron chi connectivity index (χ2n) is 8.71. The standard InChI is InChI=1S/C24H33N5O/c1-3-13-29-18(2)21(16-26-29)17-28-14-10-19(11-15-28)23(22-9-4-5-12-25-22)27-24(30)20-7-6-8-20/h3-5,9,12,16,19-20,23H,1,6-8,10-11,13-15,17H2,2H3,(H,27,30). The zero-order valence-corrected chi connectivity index (χ0v) is 18.0. The van der Waals surface area contributed by atoms with Crippen molar-refractivity contribution in [3.05, 3.63) is 60.2 Å². The minimum absolute atomic E-state index is 0.0125. The zero-order chi connectivity index (χ0) is 20.9. The molecule has 1 amide bonds. The molecule has 3 heterocycles. The highest BCUT2D eigenvalue weighted by atomic mass is 16.2. The van der Waals surface area contributed by atoms with Gasteiger partial charge in [0.1, 0.15) is 0 Å². The SMILES string of the molecule is C=CCn1ncc(CN2CCC(C(NC(=O)C3CCC3)c3ccccn3)CC2)c1C. The van der Waals surface area contributed by atoms with E-state index >= 15 is 0 Å². The predicted molar refractivity (Wildman–Crippen MR) is 118 cm³/mol. The first-order valence-electron chi connectivity index (χ1n) is 11.2. The Labute approximate surface area is 179 Å². The Morgan fingerprint density at radius 3 is 2.73 bits per heavy atom. The van der Waals surface area contributed by atoms with Crippen LogP contribution in [-0.4, -0.2) is 38.7 Å². The van der Waals surface area contributed by atoms with Crippen LogP contribution in [0.15, 0.2) is 43.2 Å². The van der Waals surface area contributed by atoms with Crippen LogP contribution in [0.3, 0.4) is 0 Å². The van der Waals surface area contributed by atoms with Gasteiger partial charge in [-0.15, -0.1) is 6.58 Å². The van der Waals surface area contributed by atoms with Gasteiger partial charge in [-0.3, -0.25) is 19.4 Å². The molecule has 6 heteroatoms. The number of allylic oxidation sites excluding steroid dienone is 1. The molecule has 30 heavy (non-hydrogen) atoms. The summed E-state index contributed by atoms with van der Waals surface area (Å²) in [7, 11) is 0. The van der Waals surface area contributed by atoms with Gasteiger partial charge >= 0.3 is 0 Å². The average molecular weight is 408 g/mol. The molecule has 1 N–H and O–H groups in total. The summed E-state index contributed by atoms with van der Waals surface area (Å²) in [6.07, 6.45) is 11.0. The molecule has 2 aromatic rings. The molecule has 1 aliphatic carbocycles. The highest BCUT2D eigenvalue weighted by molar-refractivity contribution is 5.79. The molecule has 1 saturated heterocycles. The lowest BCUT2D eigenvalue weighted by molar-refractivity contribution is -0.128. The van der Waals surface area contributed by atoms with Crippen LogP contribution in [0.4, 0.5) is 0 Å². The lowest BCUT2D eigenvalue weighted by Gasteiger charge is -2.37. The van der Waals surface area contributed by atoms with Crippen LogP contribution in [-0.2, 0) is 17.9 Å². The third kappa shape index (κ3) is 4.64. The highest BCUT2D eigenvalue weighted by Gasteiger charge is 2.33. The fraction of sp³-hybridized carbons (Fsp3) is 0.542. The van der Waals surface area contributed by atoms with Crippen LogP contribution in [0.25, 0.3) is 0 Å². The summed E-state index contributed by atoms with van der Waals surface area (Å²) in [6.45, 7) is 9.67. The number of hydrogen-bond acceptors (Lipinski definition) is 4. The van der Waals surface area contributed by atoms with Gasteiger partial charge in [0.15, 0.2) is 0 Å². The molecule has 1 saturated carbocycles. The normalized spacial score (nSPS) is 19.2. The van der Waals surface area contributed by atoms with Crippen molar-refractivity contribution in [2.75, 3.05) is 13.1 Å². The van der Waals surface area contributed by atoms with E-state index in [1.807, 2.05) is 35.3 Å². The van der Waals surface area contributed by atoms with Crippen molar-refractivity contribution in [1.29, 1.82) is 0 Å². The van der Waals surface area contributed by atoms with Gasteiger partial charge in [0.2, 0.25) is 5.91 Å². The Bertz CT molecular complexity index is 850. The molecule has 6 nitrogen and oxygen atoms in total. The summed E-state index contributed by atoms with van der Waals surface area (Å²) in [5.74, 6) is 0.834. The minimum Gasteiger partial charge on any atom is -0.347 e. The first-order valence-corrected chi connectivity index (χ1v) is 11.2. The van der Waals surface area contributed by atoms with Crippen molar-refractivity contribution < 1.29 is 4.79 Å². The number of hydrogen-bond donors (Lipinski definition) is 1. The van der Waals surface area contributed by atoms with Crippen molar-refractivity contribution in [1.82, 2.24) is 25.0 Å². The number of carbonyl (C=O) groups is 1. The Balaban J connectivity index is 1.38. The number of piperidine rings is 1. The van der Waals surface area contributed by atoms with Gasteiger partial charge in [-0.1, -0.05) is 18.6 Å². The quantitative estimate of drug-likeness (QED) is 0.679. The molecular weight excluding hydrogens is 374 g/mol. The molecule has 0 bridgehead atoms. The Morgan fingerprint density at radius 2 is 2.10 bits per heavy atom. The third-order valence-corrected chi connectivity index (χ3v) is 6.78. The molecular formula is C24H33N5O. The summed E-state index contributed by atoms with van der Waals surface area (Å²) in [6, 6.07) is 6.02. The summed E-state index contributed by atoms with van der Waals surface area (Å²) in [5, 5.41) is 7.83. The topological polar surface area (TPSA) is 63.1 Å². The van der Waals surface area contributed by atoms with Crippen molar-refractivity contribution in [2.45, 2.75) is 58.2 Å². The number of amides is 1. The smallest absolute Gasteiger partial charge is 0.223 e. The van der Waals surface area contributed by atoms with E-state index in [0.29, 0.717) is 5.92 Å². The molecule has 1 unspecified atom stereocenters. The summed E-state index contributed by atoms with van der Waals surface area (Å²) < 4.78 is 2.00. The maximum atomic E-state index is 12.7. The monoisotopic (exact) mass is 407 g/mol. The van der Waals surface area contributed by atoms with E-state index < -0.39 is 0 Å². The number of nitrogens with one attached hydrogen (secondary N) is 1. The molecule has 4 rings (SSSR count). The van der Waals surface area contributed by atoms with Gasteiger partial charge in [0.25, 0.3) is 0 Å². The Hall–Kier alpha value is -2.47. The van der Waals surface area contributed by atoms with Gasteiger partial charge < -0.3 is 5.32 Å². The third-order valence-electron chi connectivity index (χ3n) is 6.78. The zero-order valence-electron chi connectivity index (χ0n) is 18.0. The molecule has 0 spiro atoms. The first-order chi connectivity index (χ1) is 14.7. The summed E-state index contributed by atoms with van der Waals surface area (Å²) >= 11 is 0. The fourth-order valence-corrected chi connectivity index (χ4v) is 4.57. The molecule has 0 aromatic carbocycles. The molecule has 2 aromatic heterocycles. The van der Waals surface area contributed by atoms with Crippen molar-refractivity contribution in [2.24, 2.45) is 11.8 Å². The molecule has 160 valence electrons. The lowest BCUT2D eigenvalue weighted by atomic mass is 9.83. The van der Waals surface area contributed by atoms with Crippen LogP contribution < -0.4 is 5.32 Å². The molecule has 1 atom stereocenters. The van der Waals surface area contributed by atoms with Gasteiger partial charge in [-0.2, -0.15) is 5.10 Å². The lowest BCUT2D eigenvalue weighted by Crippen LogP contribution is -2.43.